The molecule has 2 aromatic carbocycles. The zero-order chi connectivity index (χ0) is 19.8. The number of hydrogen-bond acceptors (Lipinski definition) is 3. The summed E-state index contributed by atoms with van der Waals surface area (Å²) >= 11 is 0. The molecule has 1 aliphatic rings. The van der Waals surface area contributed by atoms with Crippen LogP contribution in [0.2, 0.25) is 0 Å². The van der Waals surface area contributed by atoms with Crippen molar-refractivity contribution in [3.63, 3.8) is 0 Å². The molecule has 28 heavy (non-hydrogen) atoms. The normalized spacial score (nSPS) is 14.9. The van der Waals surface area contributed by atoms with Gasteiger partial charge >= 0.3 is 0 Å². The van der Waals surface area contributed by atoms with Crippen LogP contribution in [0, 0.1) is 0 Å². The van der Waals surface area contributed by atoms with Crippen molar-refractivity contribution >= 4 is 22.6 Å². The van der Waals surface area contributed by atoms with Gasteiger partial charge in [-0.25, -0.2) is 0 Å². The molecule has 0 atom stereocenters. The Morgan fingerprint density at radius 2 is 1.93 bits per heavy atom. The van der Waals surface area contributed by atoms with Crippen LogP contribution in [0.15, 0.2) is 42.5 Å². The molecule has 1 saturated heterocycles. The van der Waals surface area contributed by atoms with Crippen LogP contribution >= 0.6 is 0 Å². The van der Waals surface area contributed by atoms with Crippen LogP contribution in [0.25, 0.3) is 10.8 Å². The number of benzene rings is 2. The number of rotatable bonds is 8. The monoisotopic (exact) mass is 382 g/mol. The molecule has 1 fully saturated rings. The van der Waals surface area contributed by atoms with Crippen molar-refractivity contribution in [2.24, 2.45) is 0 Å². The summed E-state index contributed by atoms with van der Waals surface area (Å²) in [6.07, 6.45) is 4.06. The fraction of sp³-hybridized carbons (Fsp3) is 0.478. The molecule has 5 nitrogen and oxygen atoms in total. The molecule has 2 aromatic rings. The fourth-order valence-corrected chi connectivity index (χ4v) is 3.79. The Balaban J connectivity index is 1.68. The summed E-state index contributed by atoms with van der Waals surface area (Å²) in [5.74, 6) is 0.254. The standard InChI is InChI=1S/C23H30N2O3/c1-28-17-16-25(18-20-10-7-9-19-8-4-5-11-21(19)20)23(27)13-15-24-14-6-2-3-12-22(24)26/h4-5,7-11H,2-3,6,12-18H2,1H3. The van der Waals surface area contributed by atoms with Crippen molar-refractivity contribution in [3.8, 4) is 0 Å². The van der Waals surface area contributed by atoms with Gasteiger partial charge in [-0.05, 0) is 29.2 Å². The average Bonchev–Trinajstić information content (AvgIpc) is 2.93. The van der Waals surface area contributed by atoms with E-state index in [1.54, 1.807) is 7.11 Å². The van der Waals surface area contributed by atoms with E-state index in [1.165, 1.54) is 10.8 Å². The second kappa shape index (κ2) is 10.2. The molecule has 5 heteroatoms. The van der Waals surface area contributed by atoms with E-state index in [-0.39, 0.29) is 11.8 Å². The Bertz CT molecular complexity index is 800. The van der Waals surface area contributed by atoms with Crippen molar-refractivity contribution in [1.82, 2.24) is 9.80 Å². The summed E-state index contributed by atoms with van der Waals surface area (Å²) in [6, 6.07) is 14.4. The number of amides is 2. The van der Waals surface area contributed by atoms with Crippen LogP contribution < -0.4 is 0 Å². The van der Waals surface area contributed by atoms with Gasteiger partial charge in [0.15, 0.2) is 0 Å². The lowest BCUT2D eigenvalue weighted by molar-refractivity contribution is -0.135. The van der Waals surface area contributed by atoms with Gasteiger partial charge in [0.25, 0.3) is 0 Å². The fourth-order valence-electron chi connectivity index (χ4n) is 3.79. The Morgan fingerprint density at radius 1 is 1.11 bits per heavy atom. The highest BCUT2D eigenvalue weighted by molar-refractivity contribution is 5.86. The molecule has 1 aliphatic heterocycles. The van der Waals surface area contributed by atoms with Crippen molar-refractivity contribution < 1.29 is 14.3 Å². The number of fused-ring (bicyclic) bond motifs is 1. The second-order valence-electron chi connectivity index (χ2n) is 7.39. The lowest BCUT2D eigenvalue weighted by Gasteiger charge is -2.26. The first kappa shape index (κ1) is 20.3. The minimum Gasteiger partial charge on any atom is -0.383 e. The third kappa shape index (κ3) is 5.32. The van der Waals surface area contributed by atoms with Crippen molar-refractivity contribution in [2.75, 3.05) is 33.4 Å². The van der Waals surface area contributed by atoms with Crippen molar-refractivity contribution in [1.29, 1.82) is 0 Å². The number of likely N-dealkylation sites (tertiary alicyclic amines) is 1. The Hall–Kier alpha value is -2.40. The van der Waals surface area contributed by atoms with E-state index in [2.05, 4.69) is 24.3 Å². The molecule has 0 unspecified atom stereocenters. The molecular weight excluding hydrogens is 352 g/mol. The predicted octanol–water partition coefficient (Wildman–Crippen LogP) is 3.61. The molecular formula is C23H30N2O3. The molecule has 0 aromatic heterocycles. The number of carbonyl (C=O) groups excluding carboxylic acids is 2. The molecule has 0 bridgehead atoms. The van der Waals surface area contributed by atoms with Crippen LogP contribution in [0.5, 0.6) is 0 Å². The third-order valence-corrected chi connectivity index (χ3v) is 5.43. The summed E-state index contributed by atoms with van der Waals surface area (Å²) in [5, 5.41) is 2.34. The van der Waals surface area contributed by atoms with Gasteiger partial charge in [-0.3, -0.25) is 9.59 Å². The maximum Gasteiger partial charge on any atom is 0.224 e. The SMILES string of the molecule is COCCN(Cc1cccc2ccccc12)C(=O)CCN1CCCCCC1=O. The van der Waals surface area contributed by atoms with E-state index in [0.717, 1.165) is 31.4 Å². The van der Waals surface area contributed by atoms with Gasteiger partial charge in [0.05, 0.1) is 6.61 Å². The molecule has 150 valence electrons. The highest BCUT2D eigenvalue weighted by Gasteiger charge is 2.20. The Labute approximate surface area is 167 Å². The first-order valence-electron chi connectivity index (χ1n) is 10.2. The van der Waals surface area contributed by atoms with Gasteiger partial charge in [-0.1, -0.05) is 48.9 Å². The second-order valence-corrected chi connectivity index (χ2v) is 7.39. The van der Waals surface area contributed by atoms with Gasteiger partial charge in [0, 0.05) is 46.1 Å². The minimum atomic E-state index is 0.0713. The summed E-state index contributed by atoms with van der Waals surface area (Å²) in [4.78, 5) is 28.9. The highest BCUT2D eigenvalue weighted by atomic mass is 16.5. The van der Waals surface area contributed by atoms with Crippen molar-refractivity contribution in [3.05, 3.63) is 48.0 Å². The zero-order valence-corrected chi connectivity index (χ0v) is 16.7. The van der Waals surface area contributed by atoms with Gasteiger partial charge in [-0.15, -0.1) is 0 Å². The van der Waals surface area contributed by atoms with E-state index in [1.807, 2.05) is 28.0 Å². The number of carbonyl (C=O) groups is 2. The number of ether oxygens (including phenoxy) is 1. The summed E-state index contributed by atoms with van der Waals surface area (Å²) in [5.41, 5.74) is 1.13. The molecule has 0 N–H and O–H groups in total. The van der Waals surface area contributed by atoms with Gasteiger partial charge < -0.3 is 14.5 Å². The largest absolute Gasteiger partial charge is 0.383 e. The Kier molecular flexibility index (Phi) is 7.43. The van der Waals surface area contributed by atoms with Crippen LogP contribution in [-0.2, 0) is 20.9 Å². The highest BCUT2D eigenvalue weighted by Crippen LogP contribution is 2.20. The molecule has 0 aliphatic carbocycles. The smallest absolute Gasteiger partial charge is 0.224 e. The van der Waals surface area contributed by atoms with Gasteiger partial charge in [0.2, 0.25) is 11.8 Å². The maximum atomic E-state index is 13.0. The number of nitrogens with zero attached hydrogens (tertiary/aromatic N) is 2. The van der Waals surface area contributed by atoms with Crippen molar-refractivity contribution in [2.45, 2.75) is 38.6 Å². The topological polar surface area (TPSA) is 49.9 Å². The predicted molar refractivity (Wildman–Crippen MR) is 111 cm³/mol. The van der Waals surface area contributed by atoms with Gasteiger partial charge in [0.1, 0.15) is 0 Å². The number of hydrogen-bond donors (Lipinski definition) is 0. The lowest BCUT2D eigenvalue weighted by atomic mass is 10.0. The third-order valence-electron chi connectivity index (χ3n) is 5.43. The summed E-state index contributed by atoms with van der Waals surface area (Å²) < 4.78 is 5.22. The minimum absolute atomic E-state index is 0.0713. The van der Waals surface area contributed by atoms with E-state index < -0.39 is 0 Å². The summed E-state index contributed by atoms with van der Waals surface area (Å²) in [6.45, 7) is 2.88. The van der Waals surface area contributed by atoms with Crippen LogP contribution in [0.1, 0.15) is 37.7 Å². The van der Waals surface area contributed by atoms with Gasteiger partial charge in [-0.2, -0.15) is 0 Å². The molecule has 2 amide bonds. The van der Waals surface area contributed by atoms with E-state index in [9.17, 15) is 9.59 Å². The van der Waals surface area contributed by atoms with Crippen LogP contribution in [0.4, 0.5) is 0 Å². The number of methoxy groups -OCH3 is 1. The molecule has 0 radical (unpaired) electrons. The van der Waals surface area contributed by atoms with Crippen LogP contribution in [-0.4, -0.2) is 55.0 Å². The quantitative estimate of drug-likeness (QED) is 0.701. The van der Waals surface area contributed by atoms with E-state index in [0.29, 0.717) is 39.1 Å². The average molecular weight is 383 g/mol. The maximum absolute atomic E-state index is 13.0. The zero-order valence-electron chi connectivity index (χ0n) is 16.7. The Morgan fingerprint density at radius 3 is 2.79 bits per heavy atom. The molecule has 0 spiro atoms. The van der Waals surface area contributed by atoms with Crippen LogP contribution in [0.3, 0.4) is 0 Å². The molecule has 1 heterocycles. The first-order valence-corrected chi connectivity index (χ1v) is 10.2. The lowest BCUT2D eigenvalue weighted by Crippen LogP contribution is -2.38. The summed E-state index contributed by atoms with van der Waals surface area (Å²) in [7, 11) is 1.65. The molecule has 0 saturated carbocycles. The van der Waals surface area contributed by atoms with E-state index in [4.69, 9.17) is 4.74 Å². The van der Waals surface area contributed by atoms with E-state index >= 15 is 0 Å². The first-order chi connectivity index (χ1) is 13.7. The molecule has 3 rings (SSSR count).